The summed E-state index contributed by atoms with van der Waals surface area (Å²) >= 11 is 0. The van der Waals surface area contributed by atoms with Crippen LogP contribution in [0.3, 0.4) is 0 Å². The first-order chi connectivity index (χ1) is 18.1. The summed E-state index contributed by atoms with van der Waals surface area (Å²) < 4.78 is 0. The van der Waals surface area contributed by atoms with Crippen molar-refractivity contribution in [3.05, 3.63) is 107 Å². The zero-order valence-electron chi connectivity index (χ0n) is 20.7. The standard InChI is InChI=1S/C30H30N4O3/c35-27-15-14-26(29(36)31-27)34-19-25-23(12-7-13-24(25)30(34)37)18-32-16-17-33(20-32)28(21-8-3-1-4-9-21)22-10-5-2-6-11-22/h1-13,26,28H,14-20H2,(H,31,35,36). The van der Waals surface area contributed by atoms with E-state index in [-0.39, 0.29) is 30.2 Å². The molecule has 7 heteroatoms. The first kappa shape index (κ1) is 23.6. The average Bonchev–Trinajstić information content (AvgIpc) is 3.51. The molecule has 0 bridgehead atoms. The van der Waals surface area contributed by atoms with Crippen molar-refractivity contribution in [2.75, 3.05) is 19.8 Å². The van der Waals surface area contributed by atoms with Gasteiger partial charge in [0, 0.05) is 38.2 Å². The summed E-state index contributed by atoms with van der Waals surface area (Å²) in [5.41, 5.74) is 5.35. The Bertz CT molecular complexity index is 1290. The van der Waals surface area contributed by atoms with Gasteiger partial charge in [0.1, 0.15) is 6.04 Å². The molecule has 6 rings (SSSR count). The molecule has 0 saturated carbocycles. The number of fused-ring (bicyclic) bond motifs is 1. The molecule has 3 aromatic carbocycles. The fourth-order valence-electron chi connectivity index (χ4n) is 5.93. The summed E-state index contributed by atoms with van der Waals surface area (Å²) in [6.07, 6.45) is 0.637. The predicted molar refractivity (Wildman–Crippen MR) is 139 cm³/mol. The Morgan fingerprint density at radius 1 is 0.838 bits per heavy atom. The molecule has 3 aliphatic heterocycles. The van der Waals surface area contributed by atoms with Crippen molar-refractivity contribution in [2.24, 2.45) is 0 Å². The second-order valence-electron chi connectivity index (χ2n) is 10.1. The minimum atomic E-state index is -0.592. The second kappa shape index (κ2) is 9.92. The van der Waals surface area contributed by atoms with Crippen LogP contribution in [0, 0.1) is 0 Å². The fraction of sp³-hybridized carbons (Fsp3) is 0.300. The van der Waals surface area contributed by atoms with E-state index in [0.29, 0.717) is 18.5 Å². The zero-order valence-corrected chi connectivity index (χ0v) is 20.7. The number of rotatable bonds is 6. The summed E-state index contributed by atoms with van der Waals surface area (Å²) in [6, 6.07) is 26.7. The topological polar surface area (TPSA) is 73.0 Å². The third kappa shape index (κ3) is 4.56. The van der Waals surface area contributed by atoms with E-state index in [2.05, 4.69) is 81.8 Å². The van der Waals surface area contributed by atoms with Gasteiger partial charge in [0.25, 0.3) is 5.91 Å². The highest BCUT2D eigenvalue weighted by Gasteiger charge is 2.40. The van der Waals surface area contributed by atoms with Gasteiger partial charge in [-0.1, -0.05) is 72.8 Å². The van der Waals surface area contributed by atoms with Crippen LogP contribution in [0.15, 0.2) is 78.9 Å². The van der Waals surface area contributed by atoms with Crippen LogP contribution in [0.4, 0.5) is 0 Å². The monoisotopic (exact) mass is 494 g/mol. The van der Waals surface area contributed by atoms with Crippen LogP contribution >= 0.6 is 0 Å². The van der Waals surface area contributed by atoms with Gasteiger partial charge >= 0.3 is 0 Å². The van der Waals surface area contributed by atoms with E-state index in [1.165, 1.54) is 11.1 Å². The van der Waals surface area contributed by atoms with Crippen LogP contribution < -0.4 is 5.32 Å². The van der Waals surface area contributed by atoms with E-state index < -0.39 is 6.04 Å². The summed E-state index contributed by atoms with van der Waals surface area (Å²) in [5, 5.41) is 2.38. The van der Waals surface area contributed by atoms with Gasteiger partial charge in [-0.3, -0.25) is 29.5 Å². The summed E-state index contributed by atoms with van der Waals surface area (Å²) in [5.74, 6) is -0.765. The minimum absolute atomic E-state index is 0.123. The van der Waals surface area contributed by atoms with Crippen LogP contribution in [-0.2, 0) is 22.7 Å². The largest absolute Gasteiger partial charge is 0.322 e. The Morgan fingerprint density at radius 3 is 2.22 bits per heavy atom. The van der Waals surface area contributed by atoms with Gasteiger partial charge in [0.05, 0.1) is 12.7 Å². The molecule has 7 nitrogen and oxygen atoms in total. The maximum atomic E-state index is 13.2. The molecule has 0 aromatic heterocycles. The van der Waals surface area contributed by atoms with Gasteiger partial charge < -0.3 is 4.90 Å². The molecule has 188 valence electrons. The molecule has 2 saturated heterocycles. The zero-order chi connectivity index (χ0) is 25.4. The summed E-state index contributed by atoms with van der Waals surface area (Å²) in [4.78, 5) is 43.8. The van der Waals surface area contributed by atoms with Gasteiger partial charge in [0.2, 0.25) is 11.8 Å². The Labute approximate surface area is 216 Å². The van der Waals surface area contributed by atoms with Crippen molar-refractivity contribution in [3.63, 3.8) is 0 Å². The molecule has 3 heterocycles. The van der Waals surface area contributed by atoms with Crippen LogP contribution in [0.1, 0.15) is 51.5 Å². The third-order valence-electron chi connectivity index (χ3n) is 7.75. The Hall–Kier alpha value is -3.81. The van der Waals surface area contributed by atoms with Gasteiger partial charge in [-0.2, -0.15) is 0 Å². The fourth-order valence-corrected chi connectivity index (χ4v) is 5.93. The minimum Gasteiger partial charge on any atom is -0.322 e. The Morgan fingerprint density at radius 2 is 1.54 bits per heavy atom. The molecular weight excluding hydrogens is 464 g/mol. The number of nitrogens with one attached hydrogen (secondary N) is 1. The summed E-state index contributed by atoms with van der Waals surface area (Å²) in [7, 11) is 0. The lowest BCUT2D eigenvalue weighted by Crippen LogP contribution is -2.52. The molecule has 1 atom stereocenters. The molecule has 1 unspecified atom stereocenters. The molecule has 2 fully saturated rings. The third-order valence-corrected chi connectivity index (χ3v) is 7.75. The van der Waals surface area contributed by atoms with Crippen LogP contribution in [0.2, 0.25) is 0 Å². The number of carbonyl (C=O) groups is 3. The first-order valence-electron chi connectivity index (χ1n) is 12.9. The number of amides is 3. The lowest BCUT2D eigenvalue weighted by molar-refractivity contribution is -0.136. The molecular formula is C30H30N4O3. The first-order valence-corrected chi connectivity index (χ1v) is 12.9. The van der Waals surface area contributed by atoms with E-state index in [0.717, 1.165) is 37.4 Å². The second-order valence-corrected chi connectivity index (χ2v) is 10.1. The highest BCUT2D eigenvalue weighted by Crippen LogP contribution is 2.33. The quantitative estimate of drug-likeness (QED) is 0.533. The number of hydrogen-bond donors (Lipinski definition) is 1. The Kier molecular flexibility index (Phi) is 6.32. The van der Waals surface area contributed by atoms with E-state index in [4.69, 9.17) is 0 Å². The van der Waals surface area contributed by atoms with Crippen LogP contribution in [0.5, 0.6) is 0 Å². The lowest BCUT2D eigenvalue weighted by atomic mass is 9.97. The normalized spacial score (nSPS) is 20.5. The van der Waals surface area contributed by atoms with Crippen molar-refractivity contribution in [1.82, 2.24) is 20.0 Å². The molecule has 37 heavy (non-hydrogen) atoms. The van der Waals surface area contributed by atoms with E-state index >= 15 is 0 Å². The van der Waals surface area contributed by atoms with E-state index in [1.54, 1.807) is 4.90 Å². The van der Waals surface area contributed by atoms with Crippen LogP contribution in [0.25, 0.3) is 0 Å². The molecule has 3 aliphatic rings. The molecule has 1 N–H and O–H groups in total. The molecule has 0 radical (unpaired) electrons. The van der Waals surface area contributed by atoms with E-state index in [9.17, 15) is 14.4 Å². The van der Waals surface area contributed by atoms with Crippen molar-refractivity contribution < 1.29 is 14.4 Å². The van der Waals surface area contributed by atoms with E-state index in [1.807, 2.05) is 12.1 Å². The number of carbonyl (C=O) groups excluding carboxylic acids is 3. The number of nitrogens with zero attached hydrogens (tertiary/aromatic N) is 3. The maximum Gasteiger partial charge on any atom is 0.255 e. The van der Waals surface area contributed by atoms with Gasteiger partial charge in [-0.15, -0.1) is 0 Å². The predicted octanol–water partition coefficient (Wildman–Crippen LogP) is 3.31. The van der Waals surface area contributed by atoms with Crippen LogP contribution in [-0.4, -0.2) is 58.2 Å². The lowest BCUT2D eigenvalue weighted by Gasteiger charge is -2.29. The number of benzene rings is 3. The van der Waals surface area contributed by atoms with Crippen molar-refractivity contribution in [3.8, 4) is 0 Å². The summed E-state index contributed by atoms with van der Waals surface area (Å²) in [6.45, 7) is 3.86. The van der Waals surface area contributed by atoms with Crippen molar-refractivity contribution in [1.29, 1.82) is 0 Å². The maximum absolute atomic E-state index is 13.2. The molecule has 3 aromatic rings. The molecule has 0 aliphatic carbocycles. The highest BCUT2D eigenvalue weighted by molar-refractivity contribution is 6.05. The number of piperidine rings is 1. The number of hydrogen-bond acceptors (Lipinski definition) is 5. The number of imide groups is 1. The average molecular weight is 495 g/mol. The smallest absolute Gasteiger partial charge is 0.255 e. The molecule has 3 amide bonds. The Balaban J connectivity index is 1.20. The van der Waals surface area contributed by atoms with Gasteiger partial charge in [-0.05, 0) is 34.7 Å². The van der Waals surface area contributed by atoms with Crippen molar-refractivity contribution in [2.45, 2.75) is 38.0 Å². The molecule has 0 spiro atoms. The van der Waals surface area contributed by atoms with Gasteiger partial charge in [-0.25, -0.2) is 0 Å². The highest BCUT2D eigenvalue weighted by atomic mass is 16.2. The SMILES string of the molecule is O=C1CCC(N2Cc3c(CN4CCN(C(c5ccccc5)c5ccccc5)C4)cccc3C2=O)C(=O)N1. The van der Waals surface area contributed by atoms with Crippen molar-refractivity contribution >= 4 is 17.7 Å². The van der Waals surface area contributed by atoms with Gasteiger partial charge in [0.15, 0.2) is 0 Å².